The summed E-state index contributed by atoms with van der Waals surface area (Å²) in [6.45, 7) is 3.09. The molecule has 1 saturated heterocycles. The summed E-state index contributed by atoms with van der Waals surface area (Å²) < 4.78 is 1.09. The third-order valence-electron chi connectivity index (χ3n) is 4.56. The summed E-state index contributed by atoms with van der Waals surface area (Å²) in [6.07, 6.45) is 4.16. The Morgan fingerprint density at radius 2 is 2.09 bits per heavy atom. The fraction of sp³-hybridized carbons (Fsp3) is 0.471. The Labute approximate surface area is 139 Å². The number of hydrogen-bond acceptors (Lipinski definition) is 4. The van der Waals surface area contributed by atoms with Crippen molar-refractivity contribution in [1.29, 1.82) is 0 Å². The molecule has 1 aromatic heterocycles. The lowest BCUT2D eigenvalue weighted by Crippen LogP contribution is -2.44. The van der Waals surface area contributed by atoms with Crippen LogP contribution in [0.4, 0.5) is 5.69 Å². The van der Waals surface area contributed by atoms with Crippen molar-refractivity contribution >= 4 is 32.5 Å². The molecule has 1 fully saturated rings. The number of fused-ring (bicyclic) bond motifs is 1. The number of benzene rings is 1. The number of rotatable bonds is 4. The van der Waals surface area contributed by atoms with Gasteiger partial charge in [0, 0.05) is 47.4 Å². The molecule has 4 nitrogen and oxygen atoms in total. The van der Waals surface area contributed by atoms with E-state index in [1.807, 2.05) is 12.3 Å². The average Bonchev–Trinajstić information content (AvgIpc) is 2.54. The first-order valence-corrected chi connectivity index (χ1v) is 8.58. The van der Waals surface area contributed by atoms with E-state index in [-0.39, 0.29) is 6.61 Å². The van der Waals surface area contributed by atoms with Crippen LogP contribution in [0.25, 0.3) is 10.9 Å². The van der Waals surface area contributed by atoms with Gasteiger partial charge in [0.1, 0.15) is 0 Å². The highest BCUT2D eigenvalue weighted by Gasteiger charge is 2.23. The largest absolute Gasteiger partial charge is 0.395 e. The number of likely N-dealkylation sites (N-methyl/N-ethyl adjacent to an activating group) is 1. The highest BCUT2D eigenvalue weighted by atomic mass is 79.9. The number of nitrogens with zero attached hydrogens (tertiary/aromatic N) is 3. The van der Waals surface area contributed by atoms with Gasteiger partial charge in [-0.2, -0.15) is 0 Å². The fourth-order valence-electron chi connectivity index (χ4n) is 3.27. The van der Waals surface area contributed by atoms with E-state index >= 15 is 0 Å². The first kappa shape index (κ1) is 15.7. The summed E-state index contributed by atoms with van der Waals surface area (Å²) in [7, 11) is 2.11. The van der Waals surface area contributed by atoms with Crippen LogP contribution in [-0.2, 0) is 0 Å². The zero-order chi connectivity index (χ0) is 15.5. The maximum Gasteiger partial charge on any atom is 0.0723 e. The van der Waals surface area contributed by atoms with Crippen LogP contribution in [0.15, 0.2) is 34.9 Å². The SMILES string of the molecule is CN(CCO)C1CCN(c2ccnc3ccc(Br)cc23)CC1. The van der Waals surface area contributed by atoms with Crippen molar-refractivity contribution in [2.75, 3.05) is 38.2 Å². The molecule has 0 aliphatic carbocycles. The summed E-state index contributed by atoms with van der Waals surface area (Å²) in [5.41, 5.74) is 2.31. The Kier molecular flexibility index (Phi) is 4.96. The smallest absolute Gasteiger partial charge is 0.0723 e. The van der Waals surface area contributed by atoms with Crippen LogP contribution in [0.1, 0.15) is 12.8 Å². The maximum atomic E-state index is 9.08. The lowest BCUT2D eigenvalue weighted by molar-refractivity contribution is 0.162. The minimum Gasteiger partial charge on any atom is -0.395 e. The lowest BCUT2D eigenvalue weighted by Gasteiger charge is -2.38. The predicted molar refractivity (Wildman–Crippen MR) is 94.4 cm³/mol. The van der Waals surface area contributed by atoms with Crippen molar-refractivity contribution in [2.24, 2.45) is 0 Å². The Morgan fingerprint density at radius 1 is 1.32 bits per heavy atom. The van der Waals surface area contributed by atoms with Crippen LogP contribution in [0, 0.1) is 0 Å². The molecule has 3 rings (SSSR count). The van der Waals surface area contributed by atoms with E-state index in [0.717, 1.165) is 42.5 Å². The Morgan fingerprint density at radius 3 is 2.82 bits per heavy atom. The standard InChI is InChI=1S/C17H22BrN3O/c1-20(10-11-22)14-5-8-21(9-6-14)17-4-7-19-16-3-2-13(18)12-15(16)17/h2-4,7,12,14,22H,5-6,8-11H2,1H3. The van der Waals surface area contributed by atoms with Gasteiger partial charge in [-0.05, 0) is 44.2 Å². The summed E-state index contributed by atoms with van der Waals surface area (Å²) in [4.78, 5) is 9.20. The van der Waals surface area contributed by atoms with Crippen molar-refractivity contribution in [3.05, 3.63) is 34.9 Å². The first-order chi connectivity index (χ1) is 10.7. The summed E-state index contributed by atoms with van der Waals surface area (Å²) in [5.74, 6) is 0. The van der Waals surface area contributed by atoms with Crippen molar-refractivity contribution in [3.8, 4) is 0 Å². The molecule has 0 unspecified atom stereocenters. The van der Waals surface area contributed by atoms with Crippen molar-refractivity contribution < 1.29 is 5.11 Å². The Bertz CT molecular complexity index is 641. The molecule has 0 atom stereocenters. The van der Waals surface area contributed by atoms with Crippen LogP contribution < -0.4 is 4.90 Å². The molecule has 1 aliphatic rings. The molecule has 0 bridgehead atoms. The maximum absolute atomic E-state index is 9.08. The van der Waals surface area contributed by atoms with Gasteiger partial charge in [0.15, 0.2) is 0 Å². The van der Waals surface area contributed by atoms with Crippen LogP contribution in [-0.4, -0.2) is 54.3 Å². The van der Waals surface area contributed by atoms with E-state index in [0.29, 0.717) is 6.04 Å². The van der Waals surface area contributed by atoms with E-state index in [2.05, 4.69) is 56.0 Å². The molecule has 118 valence electrons. The summed E-state index contributed by atoms with van der Waals surface area (Å²) in [6, 6.07) is 8.94. The zero-order valence-electron chi connectivity index (χ0n) is 12.9. The van der Waals surface area contributed by atoms with Gasteiger partial charge in [-0.1, -0.05) is 15.9 Å². The van der Waals surface area contributed by atoms with Gasteiger partial charge in [-0.3, -0.25) is 4.98 Å². The number of halogens is 1. The average molecular weight is 364 g/mol. The number of pyridine rings is 1. The monoisotopic (exact) mass is 363 g/mol. The van der Waals surface area contributed by atoms with Gasteiger partial charge >= 0.3 is 0 Å². The Hall–Kier alpha value is -1.17. The minimum atomic E-state index is 0.236. The second-order valence-electron chi connectivity index (χ2n) is 5.91. The normalized spacial score (nSPS) is 16.6. The molecule has 5 heteroatoms. The van der Waals surface area contributed by atoms with Crippen LogP contribution in [0.3, 0.4) is 0 Å². The number of aliphatic hydroxyl groups excluding tert-OH is 1. The molecule has 0 saturated carbocycles. The second-order valence-corrected chi connectivity index (χ2v) is 6.83. The quantitative estimate of drug-likeness (QED) is 0.906. The highest BCUT2D eigenvalue weighted by molar-refractivity contribution is 9.10. The molecule has 2 heterocycles. The number of aliphatic hydroxyl groups is 1. The third-order valence-corrected chi connectivity index (χ3v) is 5.06. The molecule has 1 N–H and O–H groups in total. The van der Waals surface area contributed by atoms with Gasteiger partial charge in [0.2, 0.25) is 0 Å². The predicted octanol–water partition coefficient (Wildman–Crippen LogP) is 2.89. The minimum absolute atomic E-state index is 0.236. The summed E-state index contributed by atoms with van der Waals surface area (Å²) in [5, 5.41) is 10.3. The lowest BCUT2D eigenvalue weighted by atomic mass is 10.0. The van der Waals surface area contributed by atoms with Gasteiger partial charge < -0.3 is 14.9 Å². The molecule has 1 aliphatic heterocycles. The van der Waals surface area contributed by atoms with Gasteiger partial charge in [-0.25, -0.2) is 0 Å². The highest BCUT2D eigenvalue weighted by Crippen LogP contribution is 2.30. The molecular formula is C17H22BrN3O. The first-order valence-electron chi connectivity index (χ1n) is 7.79. The van der Waals surface area contributed by atoms with Crippen LogP contribution in [0.5, 0.6) is 0 Å². The summed E-state index contributed by atoms with van der Waals surface area (Å²) >= 11 is 3.56. The van der Waals surface area contributed by atoms with E-state index in [4.69, 9.17) is 5.11 Å². The number of aromatic nitrogens is 1. The van der Waals surface area contributed by atoms with Gasteiger partial charge in [0.05, 0.1) is 12.1 Å². The fourth-order valence-corrected chi connectivity index (χ4v) is 3.63. The zero-order valence-corrected chi connectivity index (χ0v) is 14.5. The van der Waals surface area contributed by atoms with Gasteiger partial charge in [-0.15, -0.1) is 0 Å². The van der Waals surface area contributed by atoms with Crippen molar-refractivity contribution in [3.63, 3.8) is 0 Å². The van der Waals surface area contributed by atoms with E-state index in [1.165, 1.54) is 11.1 Å². The third kappa shape index (κ3) is 3.26. The topological polar surface area (TPSA) is 39.6 Å². The number of hydrogen-bond donors (Lipinski definition) is 1. The Balaban J connectivity index is 1.78. The molecule has 0 amide bonds. The molecule has 0 radical (unpaired) electrons. The number of piperidine rings is 1. The molecule has 22 heavy (non-hydrogen) atoms. The molecule has 1 aromatic carbocycles. The van der Waals surface area contributed by atoms with Crippen LogP contribution >= 0.6 is 15.9 Å². The van der Waals surface area contributed by atoms with Crippen molar-refractivity contribution in [1.82, 2.24) is 9.88 Å². The van der Waals surface area contributed by atoms with Gasteiger partial charge in [0.25, 0.3) is 0 Å². The van der Waals surface area contributed by atoms with E-state index in [1.54, 1.807) is 0 Å². The molecule has 2 aromatic rings. The van der Waals surface area contributed by atoms with E-state index in [9.17, 15) is 0 Å². The van der Waals surface area contributed by atoms with Crippen LogP contribution in [0.2, 0.25) is 0 Å². The van der Waals surface area contributed by atoms with E-state index < -0.39 is 0 Å². The second kappa shape index (κ2) is 6.94. The molecular weight excluding hydrogens is 342 g/mol. The van der Waals surface area contributed by atoms with Crippen molar-refractivity contribution in [2.45, 2.75) is 18.9 Å². The molecule has 0 spiro atoms. The number of anilines is 1.